The fourth-order valence-corrected chi connectivity index (χ4v) is 2.51. The number of pyridine rings is 1. The van der Waals surface area contributed by atoms with E-state index >= 15 is 0 Å². The molecule has 0 fully saturated rings. The first-order valence-electron chi connectivity index (χ1n) is 6.09. The Bertz CT molecular complexity index is 564. The molecule has 0 saturated carbocycles. The molecule has 0 amide bonds. The molecule has 0 atom stereocenters. The van der Waals surface area contributed by atoms with Crippen molar-refractivity contribution in [2.24, 2.45) is 0 Å². The number of anilines is 2. The standard InChI is InChI=1S/C15H17BrN2/c1-4-12-7-5-6-11(3)14(12)18-15-13(16)8-10(2)9-17-15/h5-9H,4H2,1-3H3,(H,17,18). The SMILES string of the molecule is CCc1cccc(C)c1Nc1ncc(C)cc1Br. The number of nitrogens with zero attached hydrogens (tertiary/aromatic N) is 1. The van der Waals surface area contributed by atoms with E-state index in [9.17, 15) is 0 Å². The van der Waals surface area contributed by atoms with E-state index in [-0.39, 0.29) is 0 Å². The summed E-state index contributed by atoms with van der Waals surface area (Å²) in [4.78, 5) is 4.43. The second-order valence-corrected chi connectivity index (χ2v) is 5.29. The van der Waals surface area contributed by atoms with Gasteiger partial charge in [0.1, 0.15) is 5.82 Å². The highest BCUT2D eigenvalue weighted by molar-refractivity contribution is 9.10. The quantitative estimate of drug-likeness (QED) is 0.883. The third-order valence-electron chi connectivity index (χ3n) is 2.96. The molecule has 1 N–H and O–H groups in total. The van der Waals surface area contributed by atoms with Crippen molar-refractivity contribution >= 4 is 27.4 Å². The van der Waals surface area contributed by atoms with E-state index in [0.717, 1.165) is 28.0 Å². The first kappa shape index (κ1) is 13.1. The Kier molecular flexibility index (Phi) is 4.02. The third kappa shape index (κ3) is 2.72. The first-order valence-corrected chi connectivity index (χ1v) is 6.88. The second-order valence-electron chi connectivity index (χ2n) is 4.43. The molecule has 18 heavy (non-hydrogen) atoms. The molecular formula is C15H17BrN2. The van der Waals surface area contributed by atoms with Gasteiger partial charge in [0.25, 0.3) is 0 Å². The Morgan fingerprint density at radius 1 is 1.28 bits per heavy atom. The fraction of sp³-hybridized carbons (Fsp3) is 0.267. The number of nitrogens with one attached hydrogen (secondary N) is 1. The lowest BCUT2D eigenvalue weighted by Gasteiger charge is -2.14. The number of rotatable bonds is 3. The van der Waals surface area contributed by atoms with Gasteiger partial charge >= 0.3 is 0 Å². The molecule has 0 aliphatic heterocycles. The number of aromatic nitrogens is 1. The zero-order chi connectivity index (χ0) is 13.1. The highest BCUT2D eigenvalue weighted by Gasteiger charge is 2.07. The summed E-state index contributed by atoms with van der Waals surface area (Å²) < 4.78 is 0.993. The number of hydrogen-bond donors (Lipinski definition) is 1. The topological polar surface area (TPSA) is 24.9 Å². The largest absolute Gasteiger partial charge is 0.339 e. The minimum atomic E-state index is 0.865. The van der Waals surface area contributed by atoms with Gasteiger partial charge in [0.05, 0.1) is 4.47 Å². The molecule has 0 aliphatic carbocycles. The lowest BCUT2D eigenvalue weighted by atomic mass is 10.1. The lowest BCUT2D eigenvalue weighted by molar-refractivity contribution is 1.13. The van der Waals surface area contributed by atoms with Gasteiger partial charge in [-0.05, 0) is 59.0 Å². The number of benzene rings is 1. The number of aryl methyl sites for hydroxylation is 3. The summed E-state index contributed by atoms with van der Waals surface area (Å²) in [6.45, 7) is 6.31. The smallest absolute Gasteiger partial charge is 0.144 e. The van der Waals surface area contributed by atoms with Gasteiger partial charge in [-0.1, -0.05) is 25.1 Å². The Morgan fingerprint density at radius 2 is 2.06 bits per heavy atom. The van der Waals surface area contributed by atoms with Gasteiger partial charge in [0, 0.05) is 11.9 Å². The van der Waals surface area contributed by atoms with Crippen LogP contribution >= 0.6 is 15.9 Å². The lowest BCUT2D eigenvalue weighted by Crippen LogP contribution is -2.00. The maximum atomic E-state index is 4.43. The highest BCUT2D eigenvalue weighted by atomic mass is 79.9. The molecule has 0 radical (unpaired) electrons. The van der Waals surface area contributed by atoms with Crippen molar-refractivity contribution in [2.45, 2.75) is 27.2 Å². The van der Waals surface area contributed by atoms with Crippen molar-refractivity contribution in [2.75, 3.05) is 5.32 Å². The Balaban J connectivity index is 2.39. The maximum Gasteiger partial charge on any atom is 0.144 e. The van der Waals surface area contributed by atoms with Crippen LogP contribution in [-0.4, -0.2) is 4.98 Å². The molecular weight excluding hydrogens is 288 g/mol. The van der Waals surface area contributed by atoms with E-state index < -0.39 is 0 Å². The molecule has 0 aliphatic rings. The van der Waals surface area contributed by atoms with E-state index in [0.29, 0.717) is 0 Å². The van der Waals surface area contributed by atoms with Crippen molar-refractivity contribution in [3.63, 3.8) is 0 Å². The van der Waals surface area contributed by atoms with Gasteiger partial charge in [0.2, 0.25) is 0 Å². The Morgan fingerprint density at radius 3 is 2.72 bits per heavy atom. The molecule has 2 nitrogen and oxygen atoms in total. The molecule has 1 aromatic heterocycles. The maximum absolute atomic E-state index is 4.43. The van der Waals surface area contributed by atoms with Crippen LogP contribution in [0.15, 0.2) is 34.9 Å². The van der Waals surface area contributed by atoms with Crippen LogP contribution in [0.3, 0.4) is 0 Å². The Hall–Kier alpha value is -1.35. The van der Waals surface area contributed by atoms with Gasteiger partial charge in [0.15, 0.2) is 0 Å². The van der Waals surface area contributed by atoms with E-state index in [1.54, 1.807) is 0 Å². The molecule has 0 bridgehead atoms. The van der Waals surface area contributed by atoms with Crippen molar-refractivity contribution in [1.29, 1.82) is 0 Å². The molecule has 0 spiro atoms. The summed E-state index contributed by atoms with van der Waals surface area (Å²) in [6, 6.07) is 8.43. The average Bonchev–Trinajstić information content (AvgIpc) is 2.34. The molecule has 0 saturated heterocycles. The predicted molar refractivity (Wildman–Crippen MR) is 80.5 cm³/mol. The van der Waals surface area contributed by atoms with Crippen LogP contribution in [0.25, 0.3) is 0 Å². The van der Waals surface area contributed by atoms with Gasteiger partial charge in [-0.2, -0.15) is 0 Å². The van der Waals surface area contributed by atoms with Gasteiger partial charge in [-0.25, -0.2) is 4.98 Å². The van der Waals surface area contributed by atoms with Crippen LogP contribution in [0.1, 0.15) is 23.6 Å². The molecule has 94 valence electrons. The van der Waals surface area contributed by atoms with E-state index in [1.807, 2.05) is 13.1 Å². The molecule has 2 rings (SSSR count). The van der Waals surface area contributed by atoms with Crippen LogP contribution < -0.4 is 5.32 Å². The summed E-state index contributed by atoms with van der Waals surface area (Å²) in [5, 5.41) is 3.43. The molecule has 1 aromatic carbocycles. The number of halogens is 1. The third-order valence-corrected chi connectivity index (χ3v) is 3.57. The highest BCUT2D eigenvalue weighted by Crippen LogP contribution is 2.28. The van der Waals surface area contributed by atoms with Crippen LogP contribution in [0.5, 0.6) is 0 Å². The van der Waals surface area contributed by atoms with Crippen molar-refractivity contribution in [1.82, 2.24) is 4.98 Å². The van der Waals surface area contributed by atoms with Crippen molar-refractivity contribution in [3.05, 3.63) is 51.6 Å². The summed E-state index contributed by atoms with van der Waals surface area (Å²) in [5.74, 6) is 0.865. The zero-order valence-electron chi connectivity index (χ0n) is 10.9. The van der Waals surface area contributed by atoms with Crippen LogP contribution in [0.2, 0.25) is 0 Å². The van der Waals surface area contributed by atoms with Crippen LogP contribution in [0.4, 0.5) is 11.5 Å². The van der Waals surface area contributed by atoms with Crippen LogP contribution in [0, 0.1) is 13.8 Å². The number of para-hydroxylation sites is 1. The van der Waals surface area contributed by atoms with Crippen molar-refractivity contribution in [3.8, 4) is 0 Å². The van der Waals surface area contributed by atoms with E-state index in [4.69, 9.17) is 0 Å². The minimum absolute atomic E-state index is 0.865. The molecule has 1 heterocycles. The normalized spacial score (nSPS) is 10.4. The van der Waals surface area contributed by atoms with Gasteiger partial charge in [-0.15, -0.1) is 0 Å². The van der Waals surface area contributed by atoms with Gasteiger partial charge in [-0.3, -0.25) is 0 Å². The average molecular weight is 305 g/mol. The monoisotopic (exact) mass is 304 g/mol. The molecule has 0 unspecified atom stereocenters. The fourth-order valence-electron chi connectivity index (χ4n) is 1.95. The van der Waals surface area contributed by atoms with E-state index in [2.05, 4.69) is 64.3 Å². The summed E-state index contributed by atoms with van der Waals surface area (Å²) in [7, 11) is 0. The van der Waals surface area contributed by atoms with E-state index in [1.165, 1.54) is 11.1 Å². The van der Waals surface area contributed by atoms with Crippen LogP contribution in [-0.2, 0) is 6.42 Å². The molecule has 3 heteroatoms. The first-order chi connectivity index (χ1) is 8.61. The molecule has 2 aromatic rings. The Labute approximate surface area is 117 Å². The van der Waals surface area contributed by atoms with Gasteiger partial charge < -0.3 is 5.32 Å². The minimum Gasteiger partial charge on any atom is -0.339 e. The van der Waals surface area contributed by atoms with Crippen molar-refractivity contribution < 1.29 is 0 Å². The summed E-state index contributed by atoms with van der Waals surface area (Å²) in [5.41, 5.74) is 4.86. The zero-order valence-corrected chi connectivity index (χ0v) is 12.5. The second kappa shape index (κ2) is 5.53. The predicted octanol–water partition coefficient (Wildman–Crippen LogP) is 4.77. The number of hydrogen-bond acceptors (Lipinski definition) is 2. The summed E-state index contributed by atoms with van der Waals surface area (Å²) >= 11 is 3.55. The summed E-state index contributed by atoms with van der Waals surface area (Å²) in [6.07, 6.45) is 2.88.